The van der Waals surface area contributed by atoms with E-state index in [0.29, 0.717) is 17.6 Å². The standard InChI is InChI=1S/C17H17FN4O/c1-11(2)22-16-8-5-13(9-15(16)20-21-22)17(23)19-10-12-3-6-14(18)7-4-12/h3-9,11H,10H2,1-2H3,(H,19,23). The monoisotopic (exact) mass is 312 g/mol. The van der Waals surface area contributed by atoms with Crippen molar-refractivity contribution in [2.24, 2.45) is 0 Å². The SMILES string of the molecule is CC(C)n1nnc2cc(C(=O)NCc3ccc(F)cc3)ccc21. The molecule has 0 aliphatic rings. The summed E-state index contributed by atoms with van der Waals surface area (Å²) in [6.45, 7) is 4.39. The van der Waals surface area contributed by atoms with Crippen LogP contribution in [0.15, 0.2) is 42.5 Å². The maximum absolute atomic E-state index is 12.9. The highest BCUT2D eigenvalue weighted by atomic mass is 19.1. The highest BCUT2D eigenvalue weighted by molar-refractivity contribution is 5.97. The van der Waals surface area contributed by atoms with Gasteiger partial charge < -0.3 is 5.32 Å². The van der Waals surface area contributed by atoms with Gasteiger partial charge in [0, 0.05) is 18.2 Å². The van der Waals surface area contributed by atoms with Crippen molar-refractivity contribution in [1.29, 1.82) is 0 Å². The topological polar surface area (TPSA) is 59.8 Å². The molecule has 1 heterocycles. The number of fused-ring (bicyclic) bond motifs is 1. The van der Waals surface area contributed by atoms with Crippen LogP contribution in [0.3, 0.4) is 0 Å². The second-order valence-corrected chi connectivity index (χ2v) is 5.64. The number of carbonyl (C=O) groups is 1. The van der Waals surface area contributed by atoms with Gasteiger partial charge in [0.2, 0.25) is 0 Å². The summed E-state index contributed by atoms with van der Waals surface area (Å²) < 4.78 is 14.7. The molecule has 0 saturated heterocycles. The molecule has 0 bridgehead atoms. The molecular weight excluding hydrogens is 295 g/mol. The zero-order chi connectivity index (χ0) is 16.4. The molecule has 0 atom stereocenters. The first-order valence-corrected chi connectivity index (χ1v) is 7.42. The van der Waals surface area contributed by atoms with Crippen LogP contribution in [0.5, 0.6) is 0 Å². The normalized spacial score (nSPS) is 11.1. The van der Waals surface area contributed by atoms with Crippen molar-refractivity contribution in [1.82, 2.24) is 20.3 Å². The summed E-state index contributed by atoms with van der Waals surface area (Å²) in [7, 11) is 0. The molecule has 0 aliphatic carbocycles. The molecule has 2 aromatic carbocycles. The molecule has 0 fully saturated rings. The lowest BCUT2D eigenvalue weighted by molar-refractivity contribution is 0.0951. The predicted octanol–water partition coefficient (Wildman–Crippen LogP) is 3.08. The second-order valence-electron chi connectivity index (χ2n) is 5.64. The average molecular weight is 312 g/mol. The van der Waals surface area contributed by atoms with Gasteiger partial charge in [-0.3, -0.25) is 4.79 Å². The van der Waals surface area contributed by atoms with Gasteiger partial charge >= 0.3 is 0 Å². The quantitative estimate of drug-likeness (QED) is 0.805. The van der Waals surface area contributed by atoms with Gasteiger partial charge in [-0.05, 0) is 49.7 Å². The van der Waals surface area contributed by atoms with E-state index in [1.165, 1.54) is 12.1 Å². The summed E-state index contributed by atoms with van der Waals surface area (Å²) in [5.74, 6) is -0.492. The van der Waals surface area contributed by atoms with Crippen LogP contribution in [0, 0.1) is 5.82 Å². The van der Waals surface area contributed by atoms with E-state index in [0.717, 1.165) is 11.1 Å². The number of hydrogen-bond donors (Lipinski definition) is 1. The van der Waals surface area contributed by atoms with Gasteiger partial charge in [0.15, 0.2) is 0 Å². The van der Waals surface area contributed by atoms with Gasteiger partial charge in [0.05, 0.1) is 5.52 Å². The molecule has 118 valence electrons. The molecule has 23 heavy (non-hydrogen) atoms. The van der Waals surface area contributed by atoms with E-state index >= 15 is 0 Å². The highest BCUT2D eigenvalue weighted by Crippen LogP contribution is 2.17. The fourth-order valence-electron chi connectivity index (χ4n) is 2.35. The second kappa shape index (κ2) is 6.16. The number of rotatable bonds is 4. The molecule has 1 amide bonds. The van der Waals surface area contributed by atoms with Crippen LogP contribution < -0.4 is 5.32 Å². The summed E-state index contributed by atoms with van der Waals surface area (Å²) >= 11 is 0. The summed E-state index contributed by atoms with van der Waals surface area (Å²) in [4.78, 5) is 12.2. The molecule has 5 nitrogen and oxygen atoms in total. The highest BCUT2D eigenvalue weighted by Gasteiger charge is 2.11. The van der Waals surface area contributed by atoms with Gasteiger partial charge in [-0.1, -0.05) is 17.3 Å². The van der Waals surface area contributed by atoms with E-state index in [-0.39, 0.29) is 17.8 Å². The van der Waals surface area contributed by atoms with Crippen molar-refractivity contribution >= 4 is 16.9 Å². The maximum Gasteiger partial charge on any atom is 0.251 e. The fraction of sp³-hybridized carbons (Fsp3) is 0.235. The van der Waals surface area contributed by atoms with Crippen molar-refractivity contribution in [3.8, 4) is 0 Å². The van der Waals surface area contributed by atoms with Crippen LogP contribution in [-0.4, -0.2) is 20.9 Å². The summed E-state index contributed by atoms with van der Waals surface area (Å²) in [6, 6.07) is 11.6. The third kappa shape index (κ3) is 3.21. The van der Waals surface area contributed by atoms with Gasteiger partial charge in [0.1, 0.15) is 11.3 Å². The number of aromatic nitrogens is 3. The number of benzene rings is 2. The molecule has 1 aromatic heterocycles. The van der Waals surface area contributed by atoms with E-state index in [2.05, 4.69) is 15.6 Å². The molecule has 0 radical (unpaired) electrons. The van der Waals surface area contributed by atoms with Crippen molar-refractivity contribution in [3.63, 3.8) is 0 Å². The number of nitrogens with zero attached hydrogens (tertiary/aromatic N) is 3. The number of amides is 1. The Morgan fingerprint density at radius 3 is 2.65 bits per heavy atom. The smallest absolute Gasteiger partial charge is 0.251 e. The summed E-state index contributed by atoms with van der Waals surface area (Å²) in [6.07, 6.45) is 0. The van der Waals surface area contributed by atoms with E-state index < -0.39 is 0 Å². The Kier molecular flexibility index (Phi) is 4.06. The van der Waals surface area contributed by atoms with Gasteiger partial charge in [-0.15, -0.1) is 5.10 Å². The average Bonchev–Trinajstić information content (AvgIpc) is 2.97. The first-order chi connectivity index (χ1) is 11.0. The van der Waals surface area contributed by atoms with Crippen LogP contribution in [0.2, 0.25) is 0 Å². The first-order valence-electron chi connectivity index (χ1n) is 7.42. The summed E-state index contributed by atoms with van der Waals surface area (Å²) in [5.41, 5.74) is 2.95. The van der Waals surface area contributed by atoms with Crippen LogP contribution in [0.4, 0.5) is 4.39 Å². The lowest BCUT2D eigenvalue weighted by atomic mass is 10.1. The van der Waals surface area contributed by atoms with Crippen LogP contribution in [0.1, 0.15) is 35.8 Å². The third-order valence-electron chi connectivity index (χ3n) is 3.59. The van der Waals surface area contributed by atoms with Crippen LogP contribution in [0.25, 0.3) is 11.0 Å². The molecule has 0 spiro atoms. The molecular formula is C17H17FN4O. The van der Waals surface area contributed by atoms with Crippen molar-refractivity contribution in [2.45, 2.75) is 26.4 Å². The number of halogens is 1. The van der Waals surface area contributed by atoms with Gasteiger partial charge in [-0.25, -0.2) is 9.07 Å². The van der Waals surface area contributed by atoms with Crippen molar-refractivity contribution in [2.75, 3.05) is 0 Å². The molecule has 1 N–H and O–H groups in total. The van der Waals surface area contributed by atoms with Crippen LogP contribution in [-0.2, 0) is 6.54 Å². The van der Waals surface area contributed by atoms with Gasteiger partial charge in [-0.2, -0.15) is 0 Å². The zero-order valence-electron chi connectivity index (χ0n) is 13.0. The molecule has 0 aliphatic heterocycles. The number of nitrogens with one attached hydrogen (secondary N) is 1. The third-order valence-corrected chi connectivity index (χ3v) is 3.59. The maximum atomic E-state index is 12.9. The number of hydrogen-bond acceptors (Lipinski definition) is 3. The molecule has 0 unspecified atom stereocenters. The van der Waals surface area contributed by atoms with Crippen molar-refractivity contribution < 1.29 is 9.18 Å². The van der Waals surface area contributed by atoms with E-state index in [9.17, 15) is 9.18 Å². The van der Waals surface area contributed by atoms with E-state index in [4.69, 9.17) is 0 Å². The lowest BCUT2D eigenvalue weighted by Gasteiger charge is -2.07. The van der Waals surface area contributed by atoms with Gasteiger partial charge in [0.25, 0.3) is 5.91 Å². The Hall–Kier alpha value is -2.76. The van der Waals surface area contributed by atoms with E-state index in [1.807, 2.05) is 24.6 Å². The Balaban J connectivity index is 1.74. The zero-order valence-corrected chi connectivity index (χ0v) is 13.0. The fourth-order valence-corrected chi connectivity index (χ4v) is 2.35. The minimum absolute atomic E-state index is 0.199. The summed E-state index contributed by atoms with van der Waals surface area (Å²) in [5, 5.41) is 11.0. The minimum Gasteiger partial charge on any atom is -0.348 e. The van der Waals surface area contributed by atoms with Crippen molar-refractivity contribution in [3.05, 3.63) is 59.4 Å². The Labute approximate surface area is 133 Å². The van der Waals surface area contributed by atoms with Crippen LogP contribution >= 0.6 is 0 Å². The molecule has 3 aromatic rings. The molecule has 6 heteroatoms. The minimum atomic E-state index is -0.293. The Bertz CT molecular complexity index is 839. The molecule has 3 rings (SSSR count). The Morgan fingerprint density at radius 1 is 1.22 bits per heavy atom. The number of carbonyl (C=O) groups excluding carboxylic acids is 1. The predicted molar refractivity (Wildman–Crippen MR) is 85.5 cm³/mol. The molecule has 0 saturated carbocycles. The first kappa shape index (κ1) is 15.1. The Morgan fingerprint density at radius 2 is 1.96 bits per heavy atom. The van der Waals surface area contributed by atoms with E-state index in [1.54, 1.807) is 24.3 Å². The largest absolute Gasteiger partial charge is 0.348 e. The lowest BCUT2D eigenvalue weighted by Crippen LogP contribution is -2.22.